The topological polar surface area (TPSA) is 120 Å². The molecule has 1 aromatic rings. The van der Waals surface area contributed by atoms with E-state index in [-0.39, 0.29) is 42.8 Å². The third-order valence-electron chi connectivity index (χ3n) is 6.90. The third-order valence-corrected chi connectivity index (χ3v) is 6.90. The summed E-state index contributed by atoms with van der Waals surface area (Å²) < 4.78 is 23.6. The van der Waals surface area contributed by atoms with Gasteiger partial charge in [-0.1, -0.05) is 0 Å². The number of hydrogen-bond acceptors (Lipinski definition) is 8. The van der Waals surface area contributed by atoms with Gasteiger partial charge in [0.15, 0.2) is 17.3 Å². The molecule has 3 amide bonds. The van der Waals surface area contributed by atoms with Crippen LogP contribution in [0.15, 0.2) is 18.2 Å². The Hall–Kier alpha value is -3.14. The fourth-order valence-corrected chi connectivity index (χ4v) is 4.73. The largest absolute Gasteiger partial charge is 0.490 e. The van der Waals surface area contributed by atoms with Crippen LogP contribution in [0.4, 0.5) is 4.79 Å². The van der Waals surface area contributed by atoms with Crippen LogP contribution in [0, 0.1) is 5.92 Å². The summed E-state index contributed by atoms with van der Waals surface area (Å²) in [4.78, 5) is 51.0. The van der Waals surface area contributed by atoms with Crippen molar-refractivity contribution < 1.29 is 38.1 Å². The number of ketones is 1. The first-order valence-corrected chi connectivity index (χ1v) is 13.5. The lowest BCUT2D eigenvalue weighted by atomic mass is 9.87. The fraction of sp³-hybridized carbons (Fsp3) is 0.643. The smallest absolute Gasteiger partial charge is 0.410 e. The number of rotatable bonds is 3. The van der Waals surface area contributed by atoms with E-state index in [0.29, 0.717) is 62.7 Å². The molecule has 0 spiro atoms. The van der Waals surface area contributed by atoms with Crippen molar-refractivity contribution in [3.8, 4) is 11.5 Å². The van der Waals surface area contributed by atoms with E-state index in [1.54, 1.807) is 23.1 Å². The molecule has 1 unspecified atom stereocenters. The molecule has 10 heteroatoms. The highest BCUT2D eigenvalue weighted by Gasteiger charge is 2.39. The van der Waals surface area contributed by atoms with E-state index in [9.17, 15) is 19.2 Å². The molecule has 208 valence electrons. The minimum atomic E-state index is -0.585. The number of carbonyl (C=O) groups excluding carboxylic acids is 4. The lowest BCUT2D eigenvalue weighted by Crippen LogP contribution is -2.53. The standard InChI is InChI=1S/C28H38N2O8/c1-28(2,3)38-27(34)30-10-13-35-11-4-5-12-36-24-15-18(6-8-23(24)37-21-16-20(30)17-21)22(31)14-19-7-9-25(32)29-26(19)33/h6,8,15,19-21H,4-5,7,9-14,16-17H2,1-3H3,(H,29,32,33). The molecule has 38 heavy (non-hydrogen) atoms. The zero-order chi connectivity index (χ0) is 27.3. The lowest BCUT2D eigenvalue weighted by molar-refractivity contribution is -0.136. The van der Waals surface area contributed by atoms with Gasteiger partial charge in [-0.25, -0.2) is 4.79 Å². The van der Waals surface area contributed by atoms with Gasteiger partial charge in [-0.05, 0) is 58.2 Å². The molecule has 4 aliphatic rings. The number of piperidine rings is 1. The first-order chi connectivity index (χ1) is 18.1. The number of hydrogen-bond donors (Lipinski definition) is 1. The highest BCUT2D eigenvalue weighted by Crippen LogP contribution is 2.36. The lowest BCUT2D eigenvalue weighted by Gasteiger charge is -2.42. The molecule has 3 heterocycles. The van der Waals surface area contributed by atoms with Crippen LogP contribution < -0.4 is 14.8 Å². The summed E-state index contributed by atoms with van der Waals surface area (Å²) in [6, 6.07) is 5.07. The van der Waals surface area contributed by atoms with Crippen molar-refractivity contribution in [1.29, 1.82) is 0 Å². The number of nitrogens with zero attached hydrogens (tertiary/aromatic N) is 1. The van der Waals surface area contributed by atoms with Gasteiger partial charge in [0.2, 0.25) is 11.8 Å². The van der Waals surface area contributed by atoms with E-state index in [1.165, 1.54) is 0 Å². The van der Waals surface area contributed by atoms with Gasteiger partial charge in [0, 0.05) is 56.4 Å². The Morgan fingerprint density at radius 1 is 1.08 bits per heavy atom. The van der Waals surface area contributed by atoms with E-state index in [2.05, 4.69) is 5.32 Å². The zero-order valence-corrected chi connectivity index (χ0v) is 22.5. The average molecular weight is 531 g/mol. The summed E-state index contributed by atoms with van der Waals surface area (Å²) >= 11 is 0. The van der Waals surface area contributed by atoms with Crippen molar-refractivity contribution in [2.75, 3.05) is 26.4 Å². The van der Waals surface area contributed by atoms with Crippen molar-refractivity contribution in [1.82, 2.24) is 10.2 Å². The van der Waals surface area contributed by atoms with E-state index < -0.39 is 17.4 Å². The second kappa shape index (κ2) is 12.1. The number of fused-ring (bicyclic) bond motifs is 8. The maximum atomic E-state index is 13.0. The molecule has 10 nitrogen and oxygen atoms in total. The summed E-state index contributed by atoms with van der Waals surface area (Å²) in [7, 11) is 0. The maximum absolute atomic E-state index is 13.0. The summed E-state index contributed by atoms with van der Waals surface area (Å²) in [5, 5.41) is 2.30. The number of benzene rings is 1. The number of imide groups is 1. The number of Topliss-reactive ketones (excluding diaryl/α,β-unsaturated/α-hetero) is 1. The minimum absolute atomic E-state index is 0.0117. The van der Waals surface area contributed by atoms with E-state index >= 15 is 0 Å². The van der Waals surface area contributed by atoms with Crippen LogP contribution in [0.25, 0.3) is 0 Å². The van der Waals surface area contributed by atoms with Gasteiger partial charge < -0.3 is 23.8 Å². The summed E-state index contributed by atoms with van der Waals surface area (Å²) in [6.07, 6.45) is 3.00. The monoisotopic (exact) mass is 530 g/mol. The highest BCUT2D eigenvalue weighted by molar-refractivity contribution is 6.03. The minimum Gasteiger partial charge on any atom is -0.490 e. The third kappa shape index (κ3) is 7.46. The van der Waals surface area contributed by atoms with E-state index in [4.69, 9.17) is 18.9 Å². The van der Waals surface area contributed by atoms with Gasteiger partial charge in [0.05, 0.1) is 13.2 Å². The molecule has 0 aromatic heterocycles. The Morgan fingerprint density at radius 2 is 1.84 bits per heavy atom. The predicted molar refractivity (Wildman–Crippen MR) is 137 cm³/mol. The summed E-state index contributed by atoms with van der Waals surface area (Å²) in [6.45, 7) is 7.42. The molecule has 0 radical (unpaired) electrons. The molecular weight excluding hydrogens is 492 g/mol. The Labute approximate surface area is 223 Å². The van der Waals surface area contributed by atoms with Crippen LogP contribution in [-0.2, 0) is 19.1 Å². The molecule has 1 N–H and O–H groups in total. The van der Waals surface area contributed by atoms with Gasteiger partial charge in [-0.15, -0.1) is 0 Å². The summed E-state index contributed by atoms with van der Waals surface area (Å²) in [5.41, 5.74) is -0.154. The average Bonchev–Trinajstić information content (AvgIpc) is 2.82. The van der Waals surface area contributed by atoms with Crippen LogP contribution >= 0.6 is 0 Å². The van der Waals surface area contributed by atoms with Crippen molar-refractivity contribution >= 4 is 23.7 Å². The molecule has 1 aromatic carbocycles. The molecule has 1 atom stereocenters. The second-order valence-corrected chi connectivity index (χ2v) is 11.1. The van der Waals surface area contributed by atoms with Crippen LogP contribution in [-0.4, -0.2) is 72.7 Å². The SMILES string of the molecule is CC(C)(C)OC(=O)N1CCOCCCCOc2cc(C(=O)CC3CCC(=O)NC3=O)ccc2OC2CC1C2. The van der Waals surface area contributed by atoms with Crippen molar-refractivity contribution in [3.05, 3.63) is 23.8 Å². The Balaban J connectivity index is 1.44. The van der Waals surface area contributed by atoms with Crippen LogP contribution in [0.1, 0.15) is 76.1 Å². The number of carbonyl (C=O) groups is 4. The molecule has 1 saturated carbocycles. The first-order valence-electron chi connectivity index (χ1n) is 13.5. The van der Waals surface area contributed by atoms with Gasteiger partial charge in [-0.3, -0.25) is 19.7 Å². The molecule has 2 fully saturated rings. The van der Waals surface area contributed by atoms with Crippen LogP contribution in [0.2, 0.25) is 0 Å². The van der Waals surface area contributed by atoms with Crippen LogP contribution in [0.3, 0.4) is 0 Å². The van der Waals surface area contributed by atoms with Crippen LogP contribution in [0.5, 0.6) is 11.5 Å². The van der Waals surface area contributed by atoms with Gasteiger partial charge in [-0.2, -0.15) is 0 Å². The number of nitrogens with one attached hydrogen (secondary N) is 1. The second-order valence-electron chi connectivity index (χ2n) is 11.1. The Kier molecular flexibility index (Phi) is 8.91. The van der Waals surface area contributed by atoms with E-state index in [0.717, 1.165) is 12.8 Å². The molecule has 1 saturated heterocycles. The molecular formula is C28H38N2O8. The Morgan fingerprint density at radius 3 is 2.58 bits per heavy atom. The first kappa shape index (κ1) is 27.9. The van der Waals surface area contributed by atoms with Gasteiger partial charge in [0.25, 0.3) is 0 Å². The fourth-order valence-electron chi connectivity index (χ4n) is 4.73. The normalized spacial score (nSPS) is 24.8. The molecule has 2 bridgehead atoms. The number of ether oxygens (including phenoxy) is 4. The number of amides is 3. The van der Waals surface area contributed by atoms with Crippen molar-refractivity contribution in [2.24, 2.45) is 5.92 Å². The quantitative estimate of drug-likeness (QED) is 0.465. The van der Waals surface area contributed by atoms with Crippen molar-refractivity contribution in [3.63, 3.8) is 0 Å². The van der Waals surface area contributed by atoms with Gasteiger partial charge in [0.1, 0.15) is 11.7 Å². The van der Waals surface area contributed by atoms with Gasteiger partial charge >= 0.3 is 6.09 Å². The summed E-state index contributed by atoms with van der Waals surface area (Å²) in [5.74, 6) is -0.389. The predicted octanol–water partition coefficient (Wildman–Crippen LogP) is 3.65. The Bertz CT molecular complexity index is 1040. The maximum Gasteiger partial charge on any atom is 0.410 e. The highest BCUT2D eigenvalue weighted by atomic mass is 16.6. The molecule has 1 aliphatic carbocycles. The van der Waals surface area contributed by atoms with Crippen molar-refractivity contribution in [2.45, 2.75) is 83.5 Å². The molecule has 3 aliphatic heterocycles. The van der Waals surface area contributed by atoms with E-state index in [1.807, 2.05) is 20.8 Å². The molecule has 5 rings (SSSR count). The zero-order valence-electron chi connectivity index (χ0n) is 22.5.